The van der Waals surface area contributed by atoms with Crippen LogP contribution < -0.4 is 20.8 Å². The fourth-order valence-electron chi connectivity index (χ4n) is 3.67. The van der Waals surface area contributed by atoms with Crippen molar-refractivity contribution < 1.29 is 37.3 Å². The van der Waals surface area contributed by atoms with Crippen LogP contribution in [0.1, 0.15) is 5.69 Å². The van der Waals surface area contributed by atoms with Gasteiger partial charge in [0.25, 0.3) is 11.8 Å². The largest absolute Gasteiger partial charge is 0.477 e. The van der Waals surface area contributed by atoms with Crippen molar-refractivity contribution in [1.29, 1.82) is 0 Å². The second-order valence-corrected chi connectivity index (χ2v) is 11.1. The quantitative estimate of drug-likeness (QED) is 0.128. The average Bonchev–Trinajstić information content (AvgIpc) is 3.25. The predicted molar refractivity (Wildman–Crippen MR) is 128 cm³/mol. The number of aliphatic carboxylic acids is 1. The van der Waals surface area contributed by atoms with Crippen LogP contribution >= 0.6 is 23.1 Å². The van der Waals surface area contributed by atoms with Crippen LogP contribution in [0.25, 0.3) is 0 Å². The van der Waals surface area contributed by atoms with Gasteiger partial charge in [-0.25, -0.2) is 27.9 Å². The van der Waals surface area contributed by atoms with Crippen LogP contribution in [0, 0.1) is 0 Å². The van der Waals surface area contributed by atoms with Crippen LogP contribution in [-0.4, -0.2) is 71.2 Å². The molecular weight excluding hydrogens is 534 g/mol. The molecule has 0 aliphatic carbocycles. The van der Waals surface area contributed by atoms with Crippen LogP contribution in [0.2, 0.25) is 0 Å². The van der Waals surface area contributed by atoms with E-state index in [-0.39, 0.29) is 39.4 Å². The van der Waals surface area contributed by atoms with Crippen molar-refractivity contribution in [3.63, 3.8) is 0 Å². The van der Waals surface area contributed by atoms with Crippen LogP contribution in [0.5, 0.6) is 0 Å². The van der Waals surface area contributed by atoms with Crippen LogP contribution in [0.15, 0.2) is 51.2 Å². The third-order valence-electron chi connectivity index (χ3n) is 5.26. The van der Waals surface area contributed by atoms with Crippen molar-refractivity contribution in [2.24, 2.45) is 10.3 Å². The second kappa shape index (κ2) is 9.84. The number of nitrogens with zero attached hydrogens (tertiary/aromatic N) is 4. The van der Waals surface area contributed by atoms with E-state index in [1.165, 1.54) is 48.8 Å². The van der Waals surface area contributed by atoms with Gasteiger partial charge in [-0.15, -0.1) is 23.1 Å². The number of primary sulfonamides is 1. The monoisotopic (exact) mass is 554 g/mol. The Hall–Kier alpha value is -3.54. The van der Waals surface area contributed by atoms with Crippen molar-refractivity contribution in [3.8, 4) is 0 Å². The first-order valence-electron chi connectivity index (χ1n) is 10.1. The predicted octanol–water partition coefficient (Wildman–Crippen LogP) is -1.55. The summed E-state index contributed by atoms with van der Waals surface area (Å²) in [5.74, 6) is -2.36. The molecule has 0 aromatic carbocycles. The number of hydrogen-bond donors (Lipinski definition) is 4. The molecule has 0 unspecified atom stereocenters. The van der Waals surface area contributed by atoms with Crippen LogP contribution in [0.3, 0.4) is 0 Å². The van der Waals surface area contributed by atoms with E-state index in [9.17, 15) is 27.9 Å². The Morgan fingerprint density at radius 3 is 2.64 bits per heavy atom. The van der Waals surface area contributed by atoms with Crippen LogP contribution in [0.4, 0.5) is 5.13 Å². The fraction of sp³-hybridized carbons (Fsp3) is 0.263. The van der Waals surface area contributed by atoms with E-state index in [0.717, 1.165) is 16.2 Å². The summed E-state index contributed by atoms with van der Waals surface area (Å²) in [6.07, 6.45) is 2.90. The molecule has 0 radical (unpaired) electrons. The molecule has 2 aromatic heterocycles. The number of amides is 2. The molecule has 4 heterocycles. The van der Waals surface area contributed by atoms with Crippen molar-refractivity contribution in [2.45, 2.75) is 22.9 Å². The van der Waals surface area contributed by atoms with Gasteiger partial charge in [-0.05, 0) is 0 Å². The molecule has 17 heteroatoms. The Morgan fingerprint density at radius 1 is 1.39 bits per heavy atom. The molecule has 36 heavy (non-hydrogen) atoms. The number of oxime groups is 1. The molecule has 2 aliphatic heterocycles. The van der Waals surface area contributed by atoms with Gasteiger partial charge in [0.05, 0.1) is 4.90 Å². The van der Waals surface area contributed by atoms with Gasteiger partial charge in [0, 0.05) is 28.8 Å². The average molecular weight is 555 g/mol. The zero-order valence-electron chi connectivity index (χ0n) is 18.5. The fourth-order valence-corrected chi connectivity index (χ4v) is 6.05. The number of rotatable bonds is 8. The number of carboxylic acids is 1. The molecule has 2 aromatic rings. The van der Waals surface area contributed by atoms with Gasteiger partial charge in [0.15, 0.2) is 29.8 Å². The molecule has 1 saturated heterocycles. The third-order valence-corrected chi connectivity index (χ3v) is 8.20. The lowest BCUT2D eigenvalue weighted by molar-refractivity contribution is -0.689. The van der Waals surface area contributed by atoms with E-state index in [1.54, 1.807) is 4.57 Å². The maximum absolute atomic E-state index is 12.9. The minimum absolute atomic E-state index is 0.0857. The van der Waals surface area contributed by atoms with Crippen molar-refractivity contribution >= 4 is 61.7 Å². The first-order valence-corrected chi connectivity index (χ1v) is 13.5. The zero-order valence-corrected chi connectivity index (χ0v) is 21.0. The summed E-state index contributed by atoms with van der Waals surface area (Å²) in [7, 11) is -2.62. The molecule has 190 valence electrons. The van der Waals surface area contributed by atoms with Crippen molar-refractivity contribution in [3.05, 3.63) is 46.9 Å². The maximum atomic E-state index is 12.9. The molecule has 4 rings (SSSR count). The van der Waals surface area contributed by atoms with E-state index in [2.05, 4.69) is 15.5 Å². The number of carbonyl (C=O) groups excluding carboxylic acids is 2. The highest BCUT2D eigenvalue weighted by Crippen LogP contribution is 2.40. The molecule has 1 fully saturated rings. The standard InChI is InChI=1S/C19H19N7O7S3/c1-33-24-12(11-8-35-19(20)22-11)15(27)23-13-16(28)26-14(18(29)30)9(7-34-17(13)26)6-25-4-2-10(3-5-25)36(21,31)32/h2-5,8,13,17H,6-7H2,1H3,(H5-,20,21,22,23,27,29,30,31,32)/p+1/b24-12-/t13-,17-/m1/s1. The van der Waals surface area contributed by atoms with Gasteiger partial charge in [-0.2, -0.15) is 0 Å². The van der Waals surface area contributed by atoms with Gasteiger partial charge in [-0.3, -0.25) is 14.5 Å². The minimum atomic E-state index is -3.87. The van der Waals surface area contributed by atoms with E-state index in [4.69, 9.17) is 15.7 Å². The first-order chi connectivity index (χ1) is 17.0. The molecule has 2 atom stereocenters. The number of hydrogen-bond acceptors (Lipinski definition) is 11. The summed E-state index contributed by atoms with van der Waals surface area (Å²) in [4.78, 5) is 47.6. The molecule has 2 amide bonds. The lowest BCUT2D eigenvalue weighted by Gasteiger charge is -2.49. The summed E-state index contributed by atoms with van der Waals surface area (Å²) in [5.41, 5.74) is 5.88. The number of anilines is 1. The number of nitrogen functional groups attached to an aromatic ring is 1. The number of carbonyl (C=O) groups is 3. The van der Waals surface area contributed by atoms with Gasteiger partial charge in [-0.1, -0.05) is 5.16 Å². The Balaban J connectivity index is 1.53. The number of aromatic nitrogens is 2. The Morgan fingerprint density at radius 2 is 2.08 bits per heavy atom. The Bertz CT molecular complexity index is 1400. The van der Waals surface area contributed by atoms with Crippen molar-refractivity contribution in [1.82, 2.24) is 15.2 Å². The molecule has 0 spiro atoms. The first kappa shape index (κ1) is 25.5. The van der Waals surface area contributed by atoms with Crippen molar-refractivity contribution in [2.75, 3.05) is 18.6 Å². The number of thiazole rings is 1. The van der Waals surface area contributed by atoms with E-state index in [0.29, 0.717) is 5.57 Å². The summed E-state index contributed by atoms with van der Waals surface area (Å²) in [6.45, 7) is 0.100. The SMILES string of the molecule is CO/N=C(\C(=O)N[C@@H]1C(=O)N2C(C(=O)O)=C(C[n+]3ccc(S(N)(=O)=O)cc3)CS[C@H]12)c1csc(N)n1. The molecule has 2 aliphatic rings. The summed E-state index contributed by atoms with van der Waals surface area (Å²) in [6, 6.07) is 1.60. The number of thioether (sulfide) groups is 1. The molecule has 0 saturated carbocycles. The normalized spacial score (nSPS) is 20.0. The lowest BCUT2D eigenvalue weighted by Crippen LogP contribution is -2.71. The highest BCUT2D eigenvalue weighted by Gasteiger charge is 2.54. The summed E-state index contributed by atoms with van der Waals surface area (Å²) >= 11 is 2.38. The minimum Gasteiger partial charge on any atom is -0.477 e. The van der Waals surface area contributed by atoms with Gasteiger partial charge in [0.1, 0.15) is 29.9 Å². The number of nitrogens with two attached hydrogens (primary N) is 2. The molecule has 14 nitrogen and oxygen atoms in total. The van der Waals surface area contributed by atoms with Gasteiger partial charge in [0.2, 0.25) is 10.0 Å². The topological polar surface area (TPSA) is 211 Å². The number of pyridine rings is 1. The summed E-state index contributed by atoms with van der Waals surface area (Å²) < 4.78 is 24.5. The van der Waals surface area contributed by atoms with Gasteiger partial charge < -0.3 is 21.0 Å². The summed E-state index contributed by atoms with van der Waals surface area (Å²) in [5, 5.41) is 22.3. The second-order valence-electron chi connectivity index (χ2n) is 7.56. The number of sulfonamides is 1. The number of fused-ring (bicyclic) bond motifs is 1. The molecular formula is C19H20N7O7S3+. The number of carboxylic acid groups (broad SMARTS) is 1. The smallest absolute Gasteiger partial charge is 0.352 e. The number of nitrogens with one attached hydrogen (secondary N) is 1. The highest BCUT2D eigenvalue weighted by molar-refractivity contribution is 8.00. The highest BCUT2D eigenvalue weighted by atomic mass is 32.2. The Kier molecular flexibility index (Phi) is 6.98. The Labute approximate surface area is 212 Å². The van der Waals surface area contributed by atoms with E-state index >= 15 is 0 Å². The third kappa shape index (κ3) is 4.90. The number of β-lactam (4-membered cyclic amide) rings is 1. The zero-order chi connectivity index (χ0) is 26.2. The van der Waals surface area contributed by atoms with E-state index < -0.39 is 39.2 Å². The van der Waals surface area contributed by atoms with Crippen LogP contribution in [-0.2, 0) is 35.8 Å². The lowest BCUT2D eigenvalue weighted by atomic mass is 10.0. The molecule has 6 N–H and O–H groups in total. The van der Waals surface area contributed by atoms with Gasteiger partial charge >= 0.3 is 5.97 Å². The molecule has 0 bridgehead atoms. The maximum Gasteiger partial charge on any atom is 0.352 e. The van der Waals surface area contributed by atoms with E-state index in [1.807, 2.05) is 0 Å².